The third-order valence-corrected chi connectivity index (χ3v) is 3.37. The summed E-state index contributed by atoms with van der Waals surface area (Å²) in [5, 5.41) is 2.96. The molecule has 0 saturated heterocycles. The Bertz CT molecular complexity index is 443. The lowest BCUT2D eigenvalue weighted by molar-refractivity contribution is 0.0946. The first-order valence-corrected chi connectivity index (χ1v) is 6.33. The molecule has 1 heterocycles. The van der Waals surface area contributed by atoms with Gasteiger partial charge < -0.3 is 10.7 Å². The van der Waals surface area contributed by atoms with Crippen LogP contribution in [0.25, 0.3) is 0 Å². The van der Waals surface area contributed by atoms with E-state index >= 15 is 0 Å². The Kier molecular flexibility index (Phi) is 3.81. The molecule has 1 aromatic heterocycles. The molecule has 1 unspecified atom stereocenters. The smallest absolute Gasteiger partial charge is 0.251 e. The zero-order valence-electron chi connectivity index (χ0n) is 10.9. The summed E-state index contributed by atoms with van der Waals surface area (Å²) in [4.78, 5) is 16.2. The fraction of sp³-hybridized carbons (Fsp3) is 0.538. The molecule has 1 amide bonds. The van der Waals surface area contributed by atoms with Gasteiger partial charge in [-0.3, -0.25) is 4.79 Å². The van der Waals surface area contributed by atoms with Crippen LogP contribution in [0.5, 0.6) is 0 Å². The molecule has 1 aliphatic carbocycles. The maximum atomic E-state index is 12.0. The number of hydrazine groups is 1. The molecule has 18 heavy (non-hydrogen) atoms. The number of hydrogen-bond acceptors (Lipinski definition) is 4. The van der Waals surface area contributed by atoms with Crippen LogP contribution in [0.4, 0.5) is 5.82 Å². The number of aryl methyl sites for hydroxylation is 1. The maximum absolute atomic E-state index is 12.0. The second-order valence-corrected chi connectivity index (χ2v) is 5.05. The van der Waals surface area contributed by atoms with Crippen LogP contribution in [-0.4, -0.2) is 17.4 Å². The van der Waals surface area contributed by atoms with E-state index in [4.69, 9.17) is 5.84 Å². The van der Waals surface area contributed by atoms with Gasteiger partial charge in [0, 0.05) is 17.8 Å². The van der Waals surface area contributed by atoms with Gasteiger partial charge in [0.2, 0.25) is 0 Å². The second kappa shape index (κ2) is 5.35. The molecular formula is C13H20N4O. The first-order chi connectivity index (χ1) is 8.60. The van der Waals surface area contributed by atoms with E-state index in [1.165, 1.54) is 12.8 Å². The van der Waals surface area contributed by atoms with E-state index < -0.39 is 0 Å². The normalized spacial score (nSPS) is 16.2. The van der Waals surface area contributed by atoms with Crippen LogP contribution in [0, 0.1) is 18.8 Å². The van der Waals surface area contributed by atoms with Gasteiger partial charge in [-0.2, -0.15) is 0 Å². The number of nitrogen functional groups attached to an aromatic ring is 1. The number of nitrogens with one attached hydrogen (secondary N) is 2. The molecule has 0 radical (unpaired) electrons. The van der Waals surface area contributed by atoms with Gasteiger partial charge in [-0.1, -0.05) is 6.92 Å². The van der Waals surface area contributed by atoms with Gasteiger partial charge in [-0.05, 0) is 43.7 Å². The molecule has 0 aromatic carbocycles. The second-order valence-electron chi connectivity index (χ2n) is 5.05. The summed E-state index contributed by atoms with van der Waals surface area (Å²) in [7, 11) is 0. The molecule has 2 rings (SSSR count). The minimum Gasteiger partial charge on any atom is -0.352 e. The van der Waals surface area contributed by atoms with Crippen molar-refractivity contribution in [2.75, 3.05) is 12.0 Å². The van der Waals surface area contributed by atoms with Crippen LogP contribution < -0.4 is 16.6 Å². The molecule has 4 N–H and O–H groups in total. The van der Waals surface area contributed by atoms with Gasteiger partial charge in [-0.25, -0.2) is 10.8 Å². The van der Waals surface area contributed by atoms with Gasteiger partial charge in [-0.15, -0.1) is 0 Å². The number of pyridine rings is 1. The minimum atomic E-state index is -0.0653. The van der Waals surface area contributed by atoms with Crippen molar-refractivity contribution in [1.82, 2.24) is 10.3 Å². The van der Waals surface area contributed by atoms with Gasteiger partial charge in [0.15, 0.2) is 0 Å². The molecule has 1 aromatic rings. The first kappa shape index (κ1) is 12.8. The molecule has 5 nitrogen and oxygen atoms in total. The van der Waals surface area contributed by atoms with Crippen molar-refractivity contribution in [2.45, 2.75) is 26.7 Å². The quantitative estimate of drug-likeness (QED) is 0.544. The Balaban J connectivity index is 1.96. The molecule has 5 heteroatoms. The van der Waals surface area contributed by atoms with E-state index in [1.54, 1.807) is 12.1 Å². The molecule has 0 aliphatic heterocycles. The van der Waals surface area contributed by atoms with Crippen LogP contribution in [0.3, 0.4) is 0 Å². The summed E-state index contributed by atoms with van der Waals surface area (Å²) in [5.74, 6) is 7.11. The summed E-state index contributed by atoms with van der Waals surface area (Å²) < 4.78 is 0. The van der Waals surface area contributed by atoms with Crippen molar-refractivity contribution in [3.8, 4) is 0 Å². The molecule has 0 bridgehead atoms. The number of aromatic nitrogens is 1. The Labute approximate surface area is 107 Å². The van der Waals surface area contributed by atoms with Crippen molar-refractivity contribution in [1.29, 1.82) is 0 Å². The molecule has 1 saturated carbocycles. The molecule has 1 fully saturated rings. The Morgan fingerprint density at radius 3 is 2.89 bits per heavy atom. The highest BCUT2D eigenvalue weighted by molar-refractivity contribution is 5.94. The Morgan fingerprint density at radius 2 is 2.28 bits per heavy atom. The summed E-state index contributed by atoms with van der Waals surface area (Å²) in [6, 6.07) is 3.42. The average Bonchev–Trinajstić information content (AvgIpc) is 3.18. The van der Waals surface area contributed by atoms with E-state index in [-0.39, 0.29) is 5.91 Å². The maximum Gasteiger partial charge on any atom is 0.251 e. The average molecular weight is 248 g/mol. The molecule has 1 aliphatic rings. The number of carbonyl (C=O) groups excluding carboxylic acids is 1. The highest BCUT2D eigenvalue weighted by Crippen LogP contribution is 2.36. The summed E-state index contributed by atoms with van der Waals surface area (Å²) in [5.41, 5.74) is 3.83. The van der Waals surface area contributed by atoms with E-state index in [0.717, 1.165) is 18.2 Å². The van der Waals surface area contributed by atoms with Crippen LogP contribution in [-0.2, 0) is 0 Å². The fourth-order valence-electron chi connectivity index (χ4n) is 2.06. The zero-order chi connectivity index (χ0) is 13.1. The number of amides is 1. The number of carbonyl (C=O) groups is 1. The van der Waals surface area contributed by atoms with E-state index in [9.17, 15) is 4.79 Å². The monoisotopic (exact) mass is 248 g/mol. The number of hydrogen-bond donors (Lipinski definition) is 3. The third kappa shape index (κ3) is 3.20. The fourth-order valence-corrected chi connectivity index (χ4v) is 2.06. The van der Waals surface area contributed by atoms with Gasteiger partial charge in [0.25, 0.3) is 5.91 Å². The van der Waals surface area contributed by atoms with Crippen molar-refractivity contribution in [3.05, 3.63) is 23.4 Å². The van der Waals surface area contributed by atoms with E-state index in [0.29, 0.717) is 17.3 Å². The standard InChI is InChI=1S/C13H20N4O/c1-8(10-3-4-10)7-15-13(18)11-5-9(2)16-12(6-11)17-14/h5-6,8,10H,3-4,7,14H2,1-2H3,(H,15,18)(H,16,17). The largest absolute Gasteiger partial charge is 0.352 e. The van der Waals surface area contributed by atoms with E-state index in [1.807, 2.05) is 6.92 Å². The van der Waals surface area contributed by atoms with Crippen molar-refractivity contribution < 1.29 is 4.79 Å². The number of nitrogens with two attached hydrogens (primary N) is 1. The van der Waals surface area contributed by atoms with Gasteiger partial charge >= 0.3 is 0 Å². The highest BCUT2D eigenvalue weighted by Gasteiger charge is 2.27. The van der Waals surface area contributed by atoms with Crippen LogP contribution >= 0.6 is 0 Å². The molecule has 1 atom stereocenters. The lowest BCUT2D eigenvalue weighted by Crippen LogP contribution is -2.29. The third-order valence-electron chi connectivity index (χ3n) is 3.37. The molecular weight excluding hydrogens is 228 g/mol. The number of rotatable bonds is 5. The first-order valence-electron chi connectivity index (χ1n) is 6.33. The Hall–Kier alpha value is -1.62. The minimum absolute atomic E-state index is 0.0653. The SMILES string of the molecule is Cc1cc(C(=O)NCC(C)C2CC2)cc(NN)n1. The van der Waals surface area contributed by atoms with Crippen molar-refractivity contribution in [2.24, 2.45) is 17.7 Å². The van der Waals surface area contributed by atoms with Crippen molar-refractivity contribution >= 4 is 11.7 Å². The van der Waals surface area contributed by atoms with Gasteiger partial charge in [0.1, 0.15) is 5.82 Å². The summed E-state index contributed by atoms with van der Waals surface area (Å²) in [6.07, 6.45) is 2.60. The summed E-state index contributed by atoms with van der Waals surface area (Å²) in [6.45, 7) is 4.75. The van der Waals surface area contributed by atoms with Crippen molar-refractivity contribution in [3.63, 3.8) is 0 Å². The van der Waals surface area contributed by atoms with Crippen LogP contribution in [0.15, 0.2) is 12.1 Å². The van der Waals surface area contributed by atoms with Crippen LogP contribution in [0.1, 0.15) is 35.8 Å². The highest BCUT2D eigenvalue weighted by atomic mass is 16.1. The molecule has 98 valence electrons. The van der Waals surface area contributed by atoms with Gasteiger partial charge in [0.05, 0.1) is 0 Å². The summed E-state index contributed by atoms with van der Waals surface area (Å²) >= 11 is 0. The Morgan fingerprint density at radius 1 is 1.56 bits per heavy atom. The number of nitrogens with zero attached hydrogens (tertiary/aromatic N) is 1. The van der Waals surface area contributed by atoms with Crippen LogP contribution in [0.2, 0.25) is 0 Å². The predicted octanol–water partition coefficient (Wildman–Crippen LogP) is 1.45. The molecule has 0 spiro atoms. The van der Waals surface area contributed by atoms with E-state index in [2.05, 4.69) is 22.7 Å². The lowest BCUT2D eigenvalue weighted by atomic mass is 10.1. The number of anilines is 1. The topological polar surface area (TPSA) is 80.0 Å². The lowest BCUT2D eigenvalue weighted by Gasteiger charge is -2.12. The predicted molar refractivity (Wildman–Crippen MR) is 71.0 cm³/mol. The zero-order valence-corrected chi connectivity index (χ0v) is 10.9.